The molecule has 1 N–H and O–H groups in total. The van der Waals surface area contributed by atoms with Gasteiger partial charge in [-0.1, -0.05) is 67.6 Å². The monoisotopic (exact) mass is 630 g/mol. The van der Waals surface area contributed by atoms with Gasteiger partial charge in [0.05, 0.1) is 6.04 Å². The number of likely N-dealkylation sites (tertiary alicyclic amines) is 1. The maximum absolute atomic E-state index is 13.9. The molecule has 0 saturated carbocycles. The van der Waals surface area contributed by atoms with Crippen LogP contribution in [-0.4, -0.2) is 32.1 Å². The molecule has 3 aromatic rings. The molecule has 2 unspecified atom stereocenters. The zero-order valence-electron chi connectivity index (χ0n) is 27.2. The number of hydrogen-bond acceptors (Lipinski definition) is 5. The first-order valence-corrected chi connectivity index (χ1v) is 18.4. The van der Waals surface area contributed by atoms with Gasteiger partial charge in [0, 0.05) is 28.3 Å². The summed E-state index contributed by atoms with van der Waals surface area (Å²) in [5.74, 6) is 0. The van der Waals surface area contributed by atoms with Gasteiger partial charge >= 0.3 is 6.09 Å². The van der Waals surface area contributed by atoms with Crippen molar-refractivity contribution < 1.29 is 13.7 Å². The number of amides is 1. The van der Waals surface area contributed by atoms with Crippen LogP contribution in [0.5, 0.6) is 0 Å². The lowest BCUT2D eigenvalue weighted by atomic mass is 9.69. The van der Waals surface area contributed by atoms with Crippen molar-refractivity contribution >= 4 is 26.9 Å². The van der Waals surface area contributed by atoms with E-state index in [1.54, 1.807) is 0 Å². The number of rotatable bonds is 5. The molecule has 1 amide bonds. The van der Waals surface area contributed by atoms with E-state index in [0.29, 0.717) is 6.54 Å². The van der Waals surface area contributed by atoms with Gasteiger partial charge in [-0.25, -0.2) is 13.7 Å². The number of nitrogens with zero attached hydrogens (tertiary/aromatic N) is 1. The van der Waals surface area contributed by atoms with Gasteiger partial charge in [-0.2, -0.15) is 0 Å². The maximum Gasteiger partial charge on any atom is 0.410 e. The summed E-state index contributed by atoms with van der Waals surface area (Å²) in [5.41, 5.74) is 9.78. The molecule has 1 aliphatic heterocycles. The molecule has 234 valence electrons. The molecule has 1 heterocycles. The van der Waals surface area contributed by atoms with Gasteiger partial charge in [0.2, 0.25) is 0 Å². The molecule has 6 rings (SSSR count). The number of carbonyl (C=O) groups is 1. The van der Waals surface area contributed by atoms with Crippen LogP contribution in [0.2, 0.25) is 0 Å². The lowest BCUT2D eigenvalue weighted by Gasteiger charge is -2.48. The Morgan fingerprint density at radius 1 is 1.00 bits per heavy atom. The zero-order chi connectivity index (χ0) is 31.4. The standard InChI is InChI=1S/C37H46N2O3S2/c1-8-24-16-17-25-21-31-28(30(25)20-24)14-11-15-29(31)32-23-37(18-19-39(32)34(40)42-35(2,3)4)22-26-12-9-10-13-27(26)33(37)38-43-44(41)36(5,6)7/h9-17,20,32-33,38H,8,18-19,21-23H2,1-7H3/t32-,33?,37?,44+/m0/s1. The number of benzene rings is 3. The van der Waals surface area contributed by atoms with Crippen LogP contribution >= 0.6 is 11.0 Å². The SMILES string of the molecule is CCc1ccc2c(c1)-c1cccc([C@@H]3CC4(CCN3C(=O)OC(C)(C)C)Cc3ccccc3C4NS[S@@](=O)C(C)(C)C)c1C2. The molecule has 5 nitrogen and oxygen atoms in total. The predicted octanol–water partition coefficient (Wildman–Crippen LogP) is 8.88. The average Bonchev–Trinajstić information content (AvgIpc) is 3.48. The fraction of sp³-hybridized carbons (Fsp3) is 0.486. The molecule has 0 bridgehead atoms. The Bertz CT molecular complexity index is 1600. The smallest absolute Gasteiger partial charge is 0.410 e. The van der Waals surface area contributed by atoms with Crippen LogP contribution in [0.4, 0.5) is 4.79 Å². The summed E-state index contributed by atoms with van der Waals surface area (Å²) in [6, 6.07) is 22.1. The van der Waals surface area contributed by atoms with Crippen molar-refractivity contribution in [2.45, 2.75) is 103 Å². The van der Waals surface area contributed by atoms with E-state index < -0.39 is 15.4 Å². The summed E-state index contributed by atoms with van der Waals surface area (Å²) >= 11 is 0. The van der Waals surface area contributed by atoms with Gasteiger partial charge in [0.15, 0.2) is 0 Å². The van der Waals surface area contributed by atoms with Crippen molar-refractivity contribution in [2.24, 2.45) is 5.41 Å². The second-order valence-electron chi connectivity index (χ2n) is 14.8. The molecule has 3 aliphatic rings. The van der Waals surface area contributed by atoms with E-state index in [9.17, 15) is 9.00 Å². The average molecular weight is 631 g/mol. The summed E-state index contributed by atoms with van der Waals surface area (Å²) in [4.78, 5) is 15.9. The second kappa shape index (κ2) is 11.6. The van der Waals surface area contributed by atoms with Crippen molar-refractivity contribution in [1.29, 1.82) is 0 Å². The quantitative estimate of drug-likeness (QED) is 0.176. The normalized spacial score (nSPS) is 23.3. The van der Waals surface area contributed by atoms with Crippen LogP contribution < -0.4 is 4.72 Å². The van der Waals surface area contributed by atoms with Gasteiger partial charge in [-0.05, 0) is 124 Å². The Balaban J connectivity index is 1.41. The first-order chi connectivity index (χ1) is 20.8. The predicted molar refractivity (Wildman–Crippen MR) is 183 cm³/mol. The molecular weight excluding hydrogens is 585 g/mol. The van der Waals surface area contributed by atoms with Crippen LogP contribution in [0, 0.1) is 5.41 Å². The highest BCUT2D eigenvalue weighted by molar-refractivity contribution is 8.68. The summed E-state index contributed by atoms with van der Waals surface area (Å²) in [5, 5.41) is 0. The Morgan fingerprint density at radius 3 is 2.48 bits per heavy atom. The van der Waals surface area contributed by atoms with Crippen LogP contribution in [0.1, 0.15) is 107 Å². The summed E-state index contributed by atoms with van der Waals surface area (Å²) in [6.45, 7) is 14.7. The minimum absolute atomic E-state index is 0.0272. The first-order valence-electron chi connectivity index (χ1n) is 16.0. The van der Waals surface area contributed by atoms with E-state index in [4.69, 9.17) is 4.74 Å². The molecule has 3 aromatic carbocycles. The number of ether oxygens (including phenoxy) is 1. The highest BCUT2D eigenvalue weighted by Crippen LogP contribution is 2.57. The molecular formula is C37H46N2O3S2. The zero-order valence-corrected chi connectivity index (χ0v) is 28.8. The van der Waals surface area contributed by atoms with Crippen LogP contribution in [0.3, 0.4) is 0 Å². The minimum Gasteiger partial charge on any atom is -0.444 e. The summed E-state index contributed by atoms with van der Waals surface area (Å²) < 4.78 is 22.6. The molecule has 44 heavy (non-hydrogen) atoms. The number of hydrogen-bond donors (Lipinski definition) is 1. The third kappa shape index (κ3) is 5.88. The highest BCUT2D eigenvalue weighted by atomic mass is 33.1. The van der Waals surface area contributed by atoms with Gasteiger partial charge < -0.3 is 9.64 Å². The van der Waals surface area contributed by atoms with E-state index in [-0.39, 0.29) is 28.3 Å². The van der Waals surface area contributed by atoms with E-state index in [1.807, 2.05) is 46.4 Å². The van der Waals surface area contributed by atoms with E-state index >= 15 is 0 Å². The fourth-order valence-electron chi connectivity index (χ4n) is 7.33. The number of nitrogens with one attached hydrogen (secondary N) is 1. The Hall–Kier alpha value is -2.61. The number of fused-ring (bicyclic) bond motifs is 4. The lowest BCUT2D eigenvalue weighted by Crippen LogP contribution is -2.49. The third-order valence-electron chi connectivity index (χ3n) is 9.53. The minimum atomic E-state index is -1.11. The Labute approximate surface area is 269 Å². The van der Waals surface area contributed by atoms with Crippen molar-refractivity contribution in [3.8, 4) is 11.1 Å². The van der Waals surface area contributed by atoms with Crippen LogP contribution in [0.15, 0.2) is 60.7 Å². The van der Waals surface area contributed by atoms with Gasteiger partial charge in [0.25, 0.3) is 0 Å². The van der Waals surface area contributed by atoms with Crippen molar-refractivity contribution in [3.63, 3.8) is 0 Å². The van der Waals surface area contributed by atoms with Crippen molar-refractivity contribution in [2.75, 3.05) is 6.54 Å². The van der Waals surface area contributed by atoms with Gasteiger partial charge in [0.1, 0.15) is 15.4 Å². The van der Waals surface area contributed by atoms with Crippen molar-refractivity contribution in [1.82, 2.24) is 9.62 Å². The van der Waals surface area contributed by atoms with Gasteiger partial charge in [-0.3, -0.25) is 0 Å². The number of piperidine rings is 1. The summed E-state index contributed by atoms with van der Waals surface area (Å²) in [7, 11) is 0.250. The van der Waals surface area contributed by atoms with Crippen LogP contribution in [-0.2, 0) is 33.8 Å². The topological polar surface area (TPSA) is 58.6 Å². The molecule has 1 saturated heterocycles. The molecule has 1 fully saturated rings. The van der Waals surface area contributed by atoms with E-state index in [0.717, 1.165) is 32.1 Å². The fourth-order valence-corrected chi connectivity index (χ4v) is 9.45. The number of carbonyl (C=O) groups excluding carboxylic acids is 1. The Morgan fingerprint density at radius 2 is 1.75 bits per heavy atom. The van der Waals surface area contributed by atoms with Gasteiger partial charge in [-0.15, -0.1) is 0 Å². The molecule has 2 aliphatic carbocycles. The van der Waals surface area contributed by atoms with Crippen LogP contribution in [0.25, 0.3) is 11.1 Å². The highest BCUT2D eigenvalue weighted by Gasteiger charge is 2.52. The van der Waals surface area contributed by atoms with E-state index in [2.05, 4.69) is 72.3 Å². The Kier molecular flexibility index (Phi) is 8.30. The third-order valence-corrected chi connectivity index (χ3v) is 13.3. The summed E-state index contributed by atoms with van der Waals surface area (Å²) in [6.07, 6.45) is 4.20. The molecule has 0 radical (unpaired) electrons. The molecule has 4 atom stereocenters. The second-order valence-corrected chi connectivity index (χ2v) is 18.3. The maximum atomic E-state index is 13.9. The van der Waals surface area contributed by atoms with E-state index in [1.165, 1.54) is 55.5 Å². The number of aryl methyl sites for hydroxylation is 1. The molecule has 7 heteroatoms. The molecule has 0 aromatic heterocycles. The first kappa shape index (κ1) is 31.4. The largest absolute Gasteiger partial charge is 0.444 e. The van der Waals surface area contributed by atoms with Crippen molar-refractivity contribution in [3.05, 3.63) is 94.0 Å². The lowest BCUT2D eigenvalue weighted by molar-refractivity contribution is -0.0134. The molecule has 1 spiro atoms.